The summed E-state index contributed by atoms with van der Waals surface area (Å²) in [6, 6.07) is 11.2. The molecule has 0 radical (unpaired) electrons. The first-order valence-corrected chi connectivity index (χ1v) is 6.61. The smallest absolute Gasteiger partial charge is 0.253 e. The second-order valence-corrected chi connectivity index (χ2v) is 4.62. The second kappa shape index (κ2) is 5.66. The number of ether oxygens (including phenoxy) is 1. The van der Waals surface area contributed by atoms with Crippen molar-refractivity contribution in [1.82, 2.24) is 15.3 Å². The number of aromatic amines is 1. The molecule has 21 heavy (non-hydrogen) atoms. The molecular formula is C16H15N3O2. The minimum Gasteiger partial charge on any atom is -0.497 e. The lowest BCUT2D eigenvalue weighted by atomic mass is 10.1. The van der Waals surface area contributed by atoms with Gasteiger partial charge in [0.2, 0.25) is 0 Å². The van der Waals surface area contributed by atoms with Crippen LogP contribution in [0.25, 0.3) is 10.9 Å². The SMILES string of the molecule is COc1ccc2c(C(=O)NCc3ccccn3)c[nH]c2c1. The van der Waals surface area contributed by atoms with E-state index in [2.05, 4.69) is 15.3 Å². The van der Waals surface area contributed by atoms with E-state index in [0.717, 1.165) is 22.3 Å². The summed E-state index contributed by atoms with van der Waals surface area (Å²) in [6.07, 6.45) is 3.41. The normalized spacial score (nSPS) is 10.5. The van der Waals surface area contributed by atoms with Crippen LogP contribution < -0.4 is 10.1 Å². The van der Waals surface area contributed by atoms with Crippen molar-refractivity contribution in [2.45, 2.75) is 6.54 Å². The van der Waals surface area contributed by atoms with E-state index < -0.39 is 0 Å². The molecule has 0 aliphatic rings. The summed E-state index contributed by atoms with van der Waals surface area (Å²) in [5.41, 5.74) is 2.31. The number of rotatable bonds is 4. The molecule has 2 heterocycles. The van der Waals surface area contributed by atoms with Crippen molar-refractivity contribution in [3.05, 3.63) is 60.0 Å². The molecule has 106 valence electrons. The van der Waals surface area contributed by atoms with Crippen molar-refractivity contribution in [3.8, 4) is 5.75 Å². The Morgan fingerprint density at radius 2 is 2.24 bits per heavy atom. The molecule has 0 aliphatic carbocycles. The van der Waals surface area contributed by atoms with E-state index in [1.165, 1.54) is 0 Å². The maximum atomic E-state index is 12.3. The van der Waals surface area contributed by atoms with Gasteiger partial charge in [0.15, 0.2) is 0 Å². The Hall–Kier alpha value is -2.82. The molecule has 3 rings (SSSR count). The van der Waals surface area contributed by atoms with Crippen LogP contribution >= 0.6 is 0 Å². The zero-order valence-electron chi connectivity index (χ0n) is 11.6. The second-order valence-electron chi connectivity index (χ2n) is 4.62. The summed E-state index contributed by atoms with van der Waals surface area (Å²) in [4.78, 5) is 19.5. The number of fused-ring (bicyclic) bond motifs is 1. The maximum Gasteiger partial charge on any atom is 0.253 e. The van der Waals surface area contributed by atoms with E-state index in [4.69, 9.17) is 4.74 Å². The van der Waals surface area contributed by atoms with Crippen molar-refractivity contribution >= 4 is 16.8 Å². The van der Waals surface area contributed by atoms with Gasteiger partial charge in [-0.25, -0.2) is 0 Å². The number of methoxy groups -OCH3 is 1. The quantitative estimate of drug-likeness (QED) is 0.772. The predicted octanol–water partition coefficient (Wildman–Crippen LogP) is 2.50. The molecule has 2 aromatic heterocycles. The summed E-state index contributed by atoms with van der Waals surface area (Å²) in [6.45, 7) is 0.405. The Kier molecular flexibility index (Phi) is 3.55. The fourth-order valence-electron chi connectivity index (χ4n) is 2.19. The van der Waals surface area contributed by atoms with Crippen LogP contribution in [0.3, 0.4) is 0 Å². The number of aromatic nitrogens is 2. The Morgan fingerprint density at radius 3 is 3.00 bits per heavy atom. The van der Waals surface area contributed by atoms with Crippen LogP contribution in [-0.4, -0.2) is 23.0 Å². The number of carbonyl (C=O) groups is 1. The lowest BCUT2D eigenvalue weighted by Gasteiger charge is -2.04. The number of amides is 1. The van der Waals surface area contributed by atoms with Crippen molar-refractivity contribution in [2.24, 2.45) is 0 Å². The lowest BCUT2D eigenvalue weighted by Crippen LogP contribution is -2.22. The van der Waals surface area contributed by atoms with E-state index in [1.54, 1.807) is 19.5 Å². The molecule has 0 atom stereocenters. The predicted molar refractivity (Wildman–Crippen MR) is 80.3 cm³/mol. The zero-order chi connectivity index (χ0) is 14.7. The average molecular weight is 281 g/mol. The van der Waals surface area contributed by atoms with E-state index >= 15 is 0 Å². The fourth-order valence-corrected chi connectivity index (χ4v) is 2.19. The molecule has 3 aromatic rings. The molecule has 0 unspecified atom stereocenters. The van der Waals surface area contributed by atoms with Crippen LogP contribution in [0.4, 0.5) is 0 Å². The third-order valence-electron chi connectivity index (χ3n) is 3.29. The van der Waals surface area contributed by atoms with Gasteiger partial charge in [0, 0.05) is 29.4 Å². The average Bonchev–Trinajstić information content (AvgIpc) is 2.96. The van der Waals surface area contributed by atoms with Crippen LogP contribution in [0.2, 0.25) is 0 Å². The molecule has 0 saturated carbocycles. The number of nitrogens with zero attached hydrogens (tertiary/aromatic N) is 1. The highest BCUT2D eigenvalue weighted by atomic mass is 16.5. The van der Waals surface area contributed by atoms with Crippen LogP contribution in [0.5, 0.6) is 5.75 Å². The Morgan fingerprint density at radius 1 is 1.33 bits per heavy atom. The zero-order valence-corrected chi connectivity index (χ0v) is 11.6. The summed E-state index contributed by atoms with van der Waals surface area (Å²) in [5.74, 6) is 0.627. The lowest BCUT2D eigenvalue weighted by molar-refractivity contribution is 0.0952. The van der Waals surface area contributed by atoms with Gasteiger partial charge in [0.05, 0.1) is 24.9 Å². The Balaban J connectivity index is 1.78. The molecule has 0 spiro atoms. The number of carbonyl (C=O) groups excluding carboxylic acids is 1. The van der Waals surface area contributed by atoms with Gasteiger partial charge >= 0.3 is 0 Å². The molecule has 2 N–H and O–H groups in total. The molecule has 5 heteroatoms. The first kappa shape index (κ1) is 13.2. The van der Waals surface area contributed by atoms with Crippen LogP contribution in [0, 0.1) is 0 Å². The third kappa shape index (κ3) is 2.72. The van der Waals surface area contributed by atoms with Crippen molar-refractivity contribution in [1.29, 1.82) is 0 Å². The highest BCUT2D eigenvalue weighted by Crippen LogP contribution is 2.23. The summed E-state index contributed by atoms with van der Waals surface area (Å²) in [5, 5.41) is 3.74. The molecule has 0 saturated heterocycles. The van der Waals surface area contributed by atoms with Crippen LogP contribution in [0.15, 0.2) is 48.8 Å². The third-order valence-corrected chi connectivity index (χ3v) is 3.29. The first-order chi connectivity index (χ1) is 10.3. The molecule has 0 aliphatic heterocycles. The van der Waals surface area contributed by atoms with E-state index in [9.17, 15) is 4.79 Å². The van der Waals surface area contributed by atoms with Gasteiger partial charge in [-0.15, -0.1) is 0 Å². The fraction of sp³-hybridized carbons (Fsp3) is 0.125. The van der Waals surface area contributed by atoms with E-state index in [-0.39, 0.29) is 5.91 Å². The molecule has 0 bridgehead atoms. The number of H-pyrrole nitrogens is 1. The molecule has 1 aromatic carbocycles. The van der Waals surface area contributed by atoms with Gasteiger partial charge in [-0.1, -0.05) is 6.07 Å². The summed E-state index contributed by atoms with van der Waals surface area (Å²) >= 11 is 0. The number of benzene rings is 1. The van der Waals surface area contributed by atoms with Gasteiger partial charge in [-0.2, -0.15) is 0 Å². The van der Waals surface area contributed by atoms with Crippen molar-refractivity contribution in [3.63, 3.8) is 0 Å². The van der Waals surface area contributed by atoms with E-state index in [0.29, 0.717) is 12.1 Å². The Labute approximate surface area is 122 Å². The molecule has 1 amide bonds. The van der Waals surface area contributed by atoms with Gasteiger partial charge in [-0.3, -0.25) is 9.78 Å². The van der Waals surface area contributed by atoms with Gasteiger partial charge < -0.3 is 15.0 Å². The number of hydrogen-bond donors (Lipinski definition) is 2. The van der Waals surface area contributed by atoms with Crippen molar-refractivity contribution in [2.75, 3.05) is 7.11 Å². The van der Waals surface area contributed by atoms with Gasteiger partial charge in [0.25, 0.3) is 5.91 Å². The molecule has 5 nitrogen and oxygen atoms in total. The standard InChI is InChI=1S/C16H15N3O2/c1-21-12-5-6-13-14(10-18-15(13)8-12)16(20)19-9-11-4-2-3-7-17-11/h2-8,10,18H,9H2,1H3,(H,19,20). The number of pyridine rings is 1. The monoisotopic (exact) mass is 281 g/mol. The van der Waals surface area contributed by atoms with Gasteiger partial charge in [-0.05, 0) is 24.3 Å². The Bertz CT molecular complexity index is 766. The van der Waals surface area contributed by atoms with Crippen LogP contribution in [0.1, 0.15) is 16.1 Å². The topological polar surface area (TPSA) is 67.0 Å². The molecule has 0 fully saturated rings. The minimum atomic E-state index is -0.128. The summed E-state index contributed by atoms with van der Waals surface area (Å²) in [7, 11) is 1.62. The van der Waals surface area contributed by atoms with E-state index in [1.807, 2.05) is 36.4 Å². The highest BCUT2D eigenvalue weighted by Gasteiger charge is 2.12. The maximum absolute atomic E-state index is 12.3. The molecular weight excluding hydrogens is 266 g/mol. The van der Waals surface area contributed by atoms with Crippen molar-refractivity contribution < 1.29 is 9.53 Å². The van der Waals surface area contributed by atoms with Crippen LogP contribution in [-0.2, 0) is 6.54 Å². The number of hydrogen-bond acceptors (Lipinski definition) is 3. The number of nitrogens with one attached hydrogen (secondary N) is 2. The largest absolute Gasteiger partial charge is 0.497 e. The highest BCUT2D eigenvalue weighted by molar-refractivity contribution is 6.06. The minimum absolute atomic E-state index is 0.128. The summed E-state index contributed by atoms with van der Waals surface area (Å²) < 4.78 is 5.17. The first-order valence-electron chi connectivity index (χ1n) is 6.61. The van der Waals surface area contributed by atoms with Gasteiger partial charge in [0.1, 0.15) is 5.75 Å².